The Morgan fingerprint density at radius 1 is 1.23 bits per heavy atom. The molecule has 0 amide bonds. The molecule has 0 radical (unpaired) electrons. The van der Waals surface area contributed by atoms with Gasteiger partial charge in [0.15, 0.2) is 0 Å². The van der Waals surface area contributed by atoms with Crippen LogP contribution in [-0.2, 0) is 14.8 Å². The molecule has 1 aliphatic carbocycles. The van der Waals surface area contributed by atoms with E-state index in [2.05, 4.69) is 4.72 Å². The summed E-state index contributed by atoms with van der Waals surface area (Å²) in [7, 11) is -3.72. The molecule has 0 saturated heterocycles. The van der Waals surface area contributed by atoms with E-state index in [0.29, 0.717) is 12.8 Å². The minimum atomic E-state index is -3.72. The number of allylic oxidation sites excluding steroid dienone is 1. The van der Waals surface area contributed by atoms with Crippen LogP contribution in [0, 0.1) is 5.92 Å². The van der Waals surface area contributed by atoms with Crippen LogP contribution in [0.2, 0.25) is 0 Å². The number of carbonyl (C=O) groups is 1. The van der Waals surface area contributed by atoms with Crippen molar-refractivity contribution in [2.45, 2.75) is 23.1 Å². The normalized spacial score (nSPS) is 22.0. The Hall–Kier alpha value is -1.70. The monoisotopic (exact) mass is 337 g/mol. The van der Waals surface area contributed by atoms with Gasteiger partial charge in [-0.2, -0.15) is 0 Å². The largest absolute Gasteiger partial charge is 0.481 e. The molecule has 0 fully saturated rings. The molecule has 2 atom stereocenters. The van der Waals surface area contributed by atoms with E-state index < -0.39 is 28.0 Å². The van der Waals surface area contributed by atoms with Crippen LogP contribution in [-0.4, -0.2) is 25.5 Å². The van der Waals surface area contributed by atoms with Crippen LogP contribution >= 0.6 is 11.3 Å². The molecule has 1 aromatic carbocycles. The number of aliphatic carboxylic acids is 1. The summed E-state index contributed by atoms with van der Waals surface area (Å²) in [5, 5.41) is 10.1. The Morgan fingerprint density at radius 2 is 1.95 bits per heavy atom. The smallest absolute Gasteiger partial charge is 0.308 e. The predicted octanol–water partition coefficient (Wildman–Crippen LogP) is 2.60. The van der Waals surface area contributed by atoms with Gasteiger partial charge in [-0.25, -0.2) is 13.1 Å². The fourth-order valence-corrected chi connectivity index (χ4v) is 5.27. The maximum absolute atomic E-state index is 12.5. The molecule has 22 heavy (non-hydrogen) atoms. The van der Waals surface area contributed by atoms with Gasteiger partial charge >= 0.3 is 5.97 Å². The van der Waals surface area contributed by atoms with Crippen LogP contribution in [0.3, 0.4) is 0 Å². The summed E-state index contributed by atoms with van der Waals surface area (Å²) < 4.78 is 28.7. The molecular weight excluding hydrogens is 322 g/mol. The fraction of sp³-hybridized carbons (Fsp3) is 0.267. The van der Waals surface area contributed by atoms with Crippen LogP contribution in [0.1, 0.15) is 12.8 Å². The second kappa shape index (κ2) is 5.83. The van der Waals surface area contributed by atoms with Gasteiger partial charge in [-0.15, -0.1) is 11.3 Å². The molecule has 1 heterocycles. The van der Waals surface area contributed by atoms with Crippen molar-refractivity contribution in [3.63, 3.8) is 0 Å². The predicted molar refractivity (Wildman–Crippen MR) is 85.4 cm³/mol. The van der Waals surface area contributed by atoms with Gasteiger partial charge in [-0.05, 0) is 30.4 Å². The highest BCUT2D eigenvalue weighted by molar-refractivity contribution is 7.91. The van der Waals surface area contributed by atoms with E-state index in [1.165, 1.54) is 11.3 Å². The molecule has 0 unspecified atom stereocenters. The molecule has 0 bridgehead atoms. The van der Waals surface area contributed by atoms with Crippen LogP contribution in [0.5, 0.6) is 0 Å². The average Bonchev–Trinajstić information content (AvgIpc) is 2.92. The fourth-order valence-electron chi connectivity index (χ4n) is 2.56. The summed E-state index contributed by atoms with van der Waals surface area (Å²) >= 11 is 1.19. The van der Waals surface area contributed by atoms with E-state index in [1.807, 2.05) is 30.3 Å². The van der Waals surface area contributed by atoms with E-state index in [1.54, 1.807) is 12.1 Å². The number of carboxylic acid groups (broad SMARTS) is 1. The third-order valence-corrected chi connectivity index (χ3v) is 6.80. The van der Waals surface area contributed by atoms with Crippen molar-refractivity contribution in [2.75, 3.05) is 0 Å². The second-order valence-electron chi connectivity index (χ2n) is 5.22. The molecule has 7 heteroatoms. The number of hydrogen-bond acceptors (Lipinski definition) is 4. The maximum Gasteiger partial charge on any atom is 0.308 e. The Bertz CT molecular complexity index is 805. The van der Waals surface area contributed by atoms with E-state index in [4.69, 9.17) is 0 Å². The number of hydrogen-bond donors (Lipinski definition) is 2. The Labute approximate surface area is 132 Å². The van der Waals surface area contributed by atoms with Crippen molar-refractivity contribution in [3.05, 3.63) is 42.5 Å². The second-order valence-corrected chi connectivity index (χ2v) is 8.24. The van der Waals surface area contributed by atoms with E-state index >= 15 is 0 Å². The van der Waals surface area contributed by atoms with Crippen molar-refractivity contribution in [1.29, 1.82) is 0 Å². The number of sulfonamides is 1. The number of thiophene rings is 1. The highest BCUT2D eigenvalue weighted by Crippen LogP contribution is 2.30. The number of carboxylic acids is 1. The first-order valence-electron chi connectivity index (χ1n) is 6.86. The van der Waals surface area contributed by atoms with Crippen molar-refractivity contribution < 1.29 is 18.3 Å². The molecule has 0 aliphatic heterocycles. The highest BCUT2D eigenvalue weighted by atomic mass is 32.2. The number of benzene rings is 1. The maximum atomic E-state index is 12.5. The lowest BCUT2D eigenvalue weighted by atomic mass is 9.90. The molecule has 0 saturated carbocycles. The van der Waals surface area contributed by atoms with Crippen LogP contribution in [0.4, 0.5) is 0 Å². The lowest BCUT2D eigenvalue weighted by molar-refractivity contribution is -0.142. The van der Waals surface area contributed by atoms with Crippen LogP contribution in [0.15, 0.2) is 46.7 Å². The minimum absolute atomic E-state index is 0.215. The number of nitrogens with one attached hydrogen (secondary N) is 1. The lowest BCUT2D eigenvalue weighted by Gasteiger charge is -2.25. The van der Waals surface area contributed by atoms with Gasteiger partial charge in [-0.3, -0.25) is 4.79 Å². The van der Waals surface area contributed by atoms with Gasteiger partial charge in [0.05, 0.1) is 5.92 Å². The number of rotatable bonds is 4. The Kier molecular flexibility index (Phi) is 4.03. The standard InChI is InChI=1S/C15H15NO4S2/c17-15(18)11-6-2-3-7-12(11)16-22(19,20)14-9-10-5-1-4-8-13(10)21-14/h1-5,8-9,11-12,16H,6-7H2,(H,17,18)/t11-,12+/m1/s1. The van der Waals surface area contributed by atoms with E-state index in [9.17, 15) is 18.3 Å². The lowest BCUT2D eigenvalue weighted by Crippen LogP contribution is -2.43. The SMILES string of the molecule is O=C(O)[C@@H]1CC=CC[C@@H]1NS(=O)(=O)c1cc2ccccc2s1. The molecule has 0 spiro atoms. The molecular formula is C15H15NO4S2. The molecule has 2 aromatic rings. The van der Waals surface area contributed by atoms with Crippen molar-refractivity contribution in [2.24, 2.45) is 5.92 Å². The summed E-state index contributed by atoms with van der Waals surface area (Å²) in [6.07, 6.45) is 4.33. The molecule has 1 aromatic heterocycles. The van der Waals surface area contributed by atoms with Gasteiger partial charge in [0.1, 0.15) is 4.21 Å². The quantitative estimate of drug-likeness (QED) is 0.840. The first-order chi connectivity index (χ1) is 10.5. The third kappa shape index (κ3) is 2.92. The van der Waals surface area contributed by atoms with Crippen molar-refractivity contribution >= 4 is 37.4 Å². The van der Waals surface area contributed by atoms with Gasteiger partial charge < -0.3 is 5.11 Å². The summed E-state index contributed by atoms with van der Waals surface area (Å²) in [6.45, 7) is 0. The van der Waals surface area contributed by atoms with Crippen LogP contribution < -0.4 is 4.72 Å². The molecule has 5 nitrogen and oxygen atoms in total. The first kappa shape index (κ1) is 15.2. The summed E-state index contributed by atoms with van der Waals surface area (Å²) in [4.78, 5) is 11.3. The summed E-state index contributed by atoms with van der Waals surface area (Å²) in [5.41, 5.74) is 0. The zero-order valence-corrected chi connectivity index (χ0v) is 13.2. The molecule has 3 rings (SSSR count). The third-order valence-electron chi connectivity index (χ3n) is 3.72. The summed E-state index contributed by atoms with van der Waals surface area (Å²) in [5.74, 6) is -1.71. The van der Waals surface area contributed by atoms with E-state index in [0.717, 1.165) is 10.1 Å². The van der Waals surface area contributed by atoms with Crippen molar-refractivity contribution in [3.8, 4) is 0 Å². The van der Waals surface area contributed by atoms with Gasteiger partial charge in [0.25, 0.3) is 0 Å². The van der Waals surface area contributed by atoms with E-state index in [-0.39, 0.29) is 4.21 Å². The summed E-state index contributed by atoms with van der Waals surface area (Å²) in [6, 6.07) is 8.44. The molecule has 116 valence electrons. The molecule has 2 N–H and O–H groups in total. The minimum Gasteiger partial charge on any atom is -0.481 e. The average molecular weight is 337 g/mol. The van der Waals surface area contributed by atoms with Crippen molar-refractivity contribution in [1.82, 2.24) is 4.72 Å². The van der Waals surface area contributed by atoms with Crippen LogP contribution in [0.25, 0.3) is 10.1 Å². The van der Waals surface area contributed by atoms with Gasteiger partial charge in [0, 0.05) is 10.7 Å². The molecule has 1 aliphatic rings. The Morgan fingerprint density at radius 3 is 2.68 bits per heavy atom. The topological polar surface area (TPSA) is 83.5 Å². The van der Waals surface area contributed by atoms with Gasteiger partial charge in [-0.1, -0.05) is 30.4 Å². The Balaban J connectivity index is 1.89. The van der Waals surface area contributed by atoms with Gasteiger partial charge in [0.2, 0.25) is 10.0 Å². The zero-order chi connectivity index (χ0) is 15.7. The number of fused-ring (bicyclic) bond motifs is 1. The zero-order valence-electron chi connectivity index (χ0n) is 11.6. The first-order valence-corrected chi connectivity index (χ1v) is 9.16. The highest BCUT2D eigenvalue weighted by Gasteiger charge is 2.32.